The van der Waals surface area contributed by atoms with Crippen LogP contribution in [-0.2, 0) is 13.0 Å². The Labute approximate surface area is 114 Å². The molecule has 0 saturated carbocycles. The third-order valence-corrected chi connectivity index (χ3v) is 3.38. The highest BCUT2D eigenvalue weighted by Gasteiger charge is 2.14. The fraction of sp³-hybridized carbons (Fsp3) is 0.154. The molecule has 2 rings (SSSR count). The minimum absolute atomic E-state index is 0.150. The number of carbonyl (C=O) groups is 1. The first-order valence-electron chi connectivity index (χ1n) is 5.36. The maximum Gasteiger partial charge on any atom is 0.202 e. The molecule has 94 valence electrons. The summed E-state index contributed by atoms with van der Waals surface area (Å²) in [7, 11) is 0. The molecular weight excluding hydrogens is 273 g/mol. The van der Waals surface area contributed by atoms with E-state index in [9.17, 15) is 4.79 Å². The summed E-state index contributed by atoms with van der Waals surface area (Å²) >= 11 is 11.9. The molecule has 1 heterocycles. The number of nitrogens with two attached hydrogens (primary N) is 1. The van der Waals surface area contributed by atoms with Crippen molar-refractivity contribution in [3.63, 3.8) is 0 Å². The van der Waals surface area contributed by atoms with E-state index >= 15 is 0 Å². The molecule has 0 aliphatic carbocycles. The van der Waals surface area contributed by atoms with E-state index in [-0.39, 0.29) is 24.5 Å². The van der Waals surface area contributed by atoms with Gasteiger partial charge in [0, 0.05) is 6.42 Å². The summed E-state index contributed by atoms with van der Waals surface area (Å²) in [6.45, 7) is 0.269. The van der Waals surface area contributed by atoms with Crippen LogP contribution in [0.4, 0.5) is 0 Å². The number of ketones is 1. The molecule has 5 heteroatoms. The van der Waals surface area contributed by atoms with Crippen LogP contribution >= 0.6 is 23.2 Å². The van der Waals surface area contributed by atoms with Crippen LogP contribution in [0.3, 0.4) is 0 Å². The van der Waals surface area contributed by atoms with Crippen molar-refractivity contribution in [1.82, 2.24) is 0 Å². The lowest BCUT2D eigenvalue weighted by atomic mass is 10.1. The number of Topliss-reactive ketones (excluding diaryl/α,β-unsaturated/α-hetero) is 1. The van der Waals surface area contributed by atoms with Crippen LogP contribution in [0, 0.1) is 0 Å². The minimum Gasteiger partial charge on any atom is -0.457 e. The van der Waals surface area contributed by atoms with Gasteiger partial charge in [-0.15, -0.1) is 0 Å². The van der Waals surface area contributed by atoms with Crippen LogP contribution in [0.2, 0.25) is 10.0 Å². The molecule has 0 radical (unpaired) electrons. The third-order valence-electron chi connectivity index (χ3n) is 2.52. The van der Waals surface area contributed by atoms with E-state index in [1.807, 2.05) is 0 Å². The zero-order valence-electron chi connectivity index (χ0n) is 9.45. The van der Waals surface area contributed by atoms with Crippen LogP contribution in [0.25, 0.3) is 0 Å². The highest BCUT2D eigenvalue weighted by atomic mass is 35.5. The second-order valence-electron chi connectivity index (χ2n) is 3.78. The predicted octanol–water partition coefficient (Wildman–Crippen LogP) is 3.47. The van der Waals surface area contributed by atoms with Gasteiger partial charge in [-0.25, -0.2) is 0 Å². The van der Waals surface area contributed by atoms with Gasteiger partial charge in [-0.2, -0.15) is 0 Å². The topological polar surface area (TPSA) is 56.2 Å². The summed E-state index contributed by atoms with van der Waals surface area (Å²) in [6.07, 6.45) is 0.150. The zero-order chi connectivity index (χ0) is 13.1. The molecular formula is C13H11Cl2NO2. The molecule has 1 aromatic heterocycles. The fourth-order valence-corrected chi connectivity index (χ4v) is 1.97. The largest absolute Gasteiger partial charge is 0.457 e. The highest BCUT2D eigenvalue weighted by molar-refractivity contribution is 6.42. The van der Waals surface area contributed by atoms with E-state index < -0.39 is 0 Å². The first-order chi connectivity index (χ1) is 8.61. The molecule has 0 saturated heterocycles. The average molecular weight is 284 g/mol. The number of halogens is 2. The van der Waals surface area contributed by atoms with E-state index in [0.717, 1.165) is 0 Å². The van der Waals surface area contributed by atoms with Gasteiger partial charge in [-0.3, -0.25) is 4.79 Å². The standard InChI is InChI=1S/C13H11Cl2NO2/c14-10-3-1-2-8(13(10)15)6-11(17)12-5-4-9(7-16)18-12/h1-5H,6-7,16H2. The van der Waals surface area contributed by atoms with Crippen LogP contribution < -0.4 is 5.73 Å². The van der Waals surface area contributed by atoms with Gasteiger partial charge in [-0.05, 0) is 23.8 Å². The maximum absolute atomic E-state index is 12.0. The van der Waals surface area contributed by atoms with E-state index in [1.165, 1.54) is 0 Å². The monoisotopic (exact) mass is 283 g/mol. The molecule has 0 aliphatic heterocycles. The highest BCUT2D eigenvalue weighted by Crippen LogP contribution is 2.26. The van der Waals surface area contributed by atoms with Gasteiger partial charge < -0.3 is 10.2 Å². The Morgan fingerprint density at radius 1 is 1.22 bits per heavy atom. The van der Waals surface area contributed by atoms with Crippen molar-refractivity contribution < 1.29 is 9.21 Å². The van der Waals surface area contributed by atoms with E-state index in [2.05, 4.69) is 0 Å². The quantitative estimate of drug-likeness (QED) is 0.874. The van der Waals surface area contributed by atoms with Crippen LogP contribution in [0.15, 0.2) is 34.7 Å². The Balaban J connectivity index is 2.18. The molecule has 0 bridgehead atoms. The number of benzene rings is 1. The molecule has 0 atom stereocenters. The lowest BCUT2D eigenvalue weighted by Gasteiger charge is -2.03. The van der Waals surface area contributed by atoms with Crippen molar-refractivity contribution in [2.24, 2.45) is 5.73 Å². The van der Waals surface area contributed by atoms with Gasteiger partial charge in [0.2, 0.25) is 5.78 Å². The number of carbonyl (C=O) groups excluding carboxylic acids is 1. The zero-order valence-corrected chi connectivity index (χ0v) is 11.0. The van der Waals surface area contributed by atoms with Crippen molar-refractivity contribution in [2.75, 3.05) is 0 Å². The average Bonchev–Trinajstić information content (AvgIpc) is 2.83. The number of hydrogen-bond donors (Lipinski definition) is 1. The van der Waals surface area contributed by atoms with Gasteiger partial charge >= 0.3 is 0 Å². The molecule has 0 spiro atoms. The Morgan fingerprint density at radius 3 is 2.67 bits per heavy atom. The maximum atomic E-state index is 12.0. The number of hydrogen-bond acceptors (Lipinski definition) is 3. The van der Waals surface area contributed by atoms with Gasteiger partial charge in [0.1, 0.15) is 5.76 Å². The lowest BCUT2D eigenvalue weighted by molar-refractivity contribution is 0.0964. The van der Waals surface area contributed by atoms with Crippen LogP contribution in [0.1, 0.15) is 21.9 Å². The summed E-state index contributed by atoms with van der Waals surface area (Å²) in [5.41, 5.74) is 6.10. The van der Waals surface area contributed by atoms with Crippen molar-refractivity contribution in [3.8, 4) is 0 Å². The van der Waals surface area contributed by atoms with E-state index in [1.54, 1.807) is 30.3 Å². The first kappa shape index (κ1) is 13.1. The van der Waals surface area contributed by atoms with Crippen molar-refractivity contribution in [1.29, 1.82) is 0 Å². The number of rotatable bonds is 4. The Morgan fingerprint density at radius 2 is 2.00 bits per heavy atom. The third kappa shape index (κ3) is 2.75. The summed E-state index contributed by atoms with van der Waals surface area (Å²) < 4.78 is 5.29. The molecule has 18 heavy (non-hydrogen) atoms. The van der Waals surface area contributed by atoms with Gasteiger partial charge in [-0.1, -0.05) is 35.3 Å². The van der Waals surface area contributed by atoms with Crippen LogP contribution in [-0.4, -0.2) is 5.78 Å². The second-order valence-corrected chi connectivity index (χ2v) is 4.57. The minimum atomic E-state index is -0.154. The van der Waals surface area contributed by atoms with Crippen molar-refractivity contribution in [3.05, 3.63) is 57.5 Å². The lowest BCUT2D eigenvalue weighted by Crippen LogP contribution is -2.03. The molecule has 0 unspecified atom stereocenters. The summed E-state index contributed by atoms with van der Waals surface area (Å²) in [4.78, 5) is 12.0. The molecule has 2 aromatic rings. The predicted molar refractivity (Wildman–Crippen MR) is 71.1 cm³/mol. The smallest absolute Gasteiger partial charge is 0.202 e. The van der Waals surface area contributed by atoms with Gasteiger partial charge in [0.05, 0.1) is 16.6 Å². The summed E-state index contributed by atoms with van der Waals surface area (Å²) in [5.74, 6) is 0.709. The van der Waals surface area contributed by atoms with Crippen molar-refractivity contribution in [2.45, 2.75) is 13.0 Å². The van der Waals surface area contributed by atoms with Gasteiger partial charge in [0.15, 0.2) is 5.76 Å². The molecule has 3 nitrogen and oxygen atoms in total. The number of furan rings is 1. The normalized spacial score (nSPS) is 10.6. The Hall–Kier alpha value is -1.29. The van der Waals surface area contributed by atoms with Crippen molar-refractivity contribution >= 4 is 29.0 Å². The molecule has 1 aromatic carbocycles. The fourth-order valence-electron chi connectivity index (χ4n) is 1.58. The SMILES string of the molecule is NCc1ccc(C(=O)Cc2cccc(Cl)c2Cl)o1. The molecule has 0 aliphatic rings. The molecule has 2 N–H and O–H groups in total. The summed E-state index contributed by atoms with van der Waals surface area (Å²) in [5, 5.41) is 0.835. The van der Waals surface area contributed by atoms with E-state index in [0.29, 0.717) is 21.4 Å². The Kier molecular flexibility index (Phi) is 4.07. The molecule has 0 amide bonds. The van der Waals surface area contributed by atoms with Gasteiger partial charge in [0.25, 0.3) is 0 Å². The van der Waals surface area contributed by atoms with Crippen LogP contribution in [0.5, 0.6) is 0 Å². The Bertz CT molecular complexity index is 578. The second kappa shape index (κ2) is 5.57. The molecule has 0 fully saturated rings. The van der Waals surface area contributed by atoms with E-state index in [4.69, 9.17) is 33.4 Å². The first-order valence-corrected chi connectivity index (χ1v) is 6.12. The summed E-state index contributed by atoms with van der Waals surface area (Å²) in [6, 6.07) is 8.50.